The Kier molecular flexibility index (Phi) is 2.91. The summed E-state index contributed by atoms with van der Waals surface area (Å²) in [7, 11) is 1.66. The summed E-state index contributed by atoms with van der Waals surface area (Å²) in [6, 6.07) is 5.40. The van der Waals surface area contributed by atoms with Crippen LogP contribution < -0.4 is 4.74 Å². The lowest BCUT2D eigenvalue weighted by atomic mass is 9.95. The van der Waals surface area contributed by atoms with E-state index in [1.165, 1.54) is 6.42 Å². The predicted molar refractivity (Wildman–Crippen MR) is 59.9 cm³/mol. The van der Waals surface area contributed by atoms with Crippen molar-refractivity contribution in [3.05, 3.63) is 24.0 Å². The number of hydrogen-bond donors (Lipinski definition) is 0. The van der Waals surface area contributed by atoms with E-state index in [4.69, 9.17) is 4.74 Å². The molecule has 1 fully saturated rings. The van der Waals surface area contributed by atoms with E-state index in [1.54, 1.807) is 13.3 Å². The van der Waals surface area contributed by atoms with Crippen molar-refractivity contribution >= 4 is 0 Å². The first-order valence-corrected chi connectivity index (χ1v) is 5.45. The molecule has 0 amide bonds. The summed E-state index contributed by atoms with van der Waals surface area (Å²) in [6.07, 6.45) is 3.08. The van der Waals surface area contributed by atoms with Gasteiger partial charge in [0.2, 0.25) is 0 Å². The highest BCUT2D eigenvalue weighted by Gasteiger charge is 2.31. The molecule has 2 rings (SSSR count). The minimum atomic E-state index is 0.698. The van der Waals surface area contributed by atoms with Crippen molar-refractivity contribution in [3.63, 3.8) is 0 Å². The molecule has 3 heteroatoms. The third-order valence-electron chi connectivity index (χ3n) is 3.19. The molecular formula is C12H18N2O. The molecule has 3 nitrogen and oxygen atoms in total. The second-order valence-electron chi connectivity index (χ2n) is 4.30. The van der Waals surface area contributed by atoms with Gasteiger partial charge in [-0.2, -0.15) is 0 Å². The van der Waals surface area contributed by atoms with Crippen LogP contribution in [0.2, 0.25) is 0 Å². The molecule has 82 valence electrons. The van der Waals surface area contributed by atoms with E-state index >= 15 is 0 Å². The van der Waals surface area contributed by atoms with Gasteiger partial charge in [-0.25, -0.2) is 0 Å². The number of likely N-dealkylation sites (tertiary alicyclic amines) is 1. The second kappa shape index (κ2) is 4.19. The van der Waals surface area contributed by atoms with Crippen LogP contribution in [0.4, 0.5) is 0 Å². The van der Waals surface area contributed by atoms with E-state index in [0.717, 1.165) is 18.0 Å². The number of rotatable bonds is 3. The fraction of sp³-hybridized carbons (Fsp3) is 0.583. The number of hydrogen-bond acceptors (Lipinski definition) is 3. The van der Waals surface area contributed by atoms with Gasteiger partial charge in [0.15, 0.2) is 0 Å². The molecule has 2 heterocycles. The van der Waals surface area contributed by atoms with Crippen LogP contribution in [0.3, 0.4) is 0 Å². The van der Waals surface area contributed by atoms with Gasteiger partial charge in [0.25, 0.3) is 0 Å². The zero-order valence-corrected chi connectivity index (χ0v) is 9.60. The van der Waals surface area contributed by atoms with E-state index in [1.807, 2.05) is 12.1 Å². The molecule has 15 heavy (non-hydrogen) atoms. The van der Waals surface area contributed by atoms with Crippen LogP contribution in [0.1, 0.15) is 26.0 Å². The first-order valence-electron chi connectivity index (χ1n) is 5.45. The van der Waals surface area contributed by atoms with Crippen molar-refractivity contribution in [1.82, 2.24) is 9.88 Å². The van der Waals surface area contributed by atoms with Gasteiger partial charge in [-0.3, -0.25) is 9.88 Å². The third kappa shape index (κ3) is 2.12. The van der Waals surface area contributed by atoms with Gasteiger partial charge in [-0.05, 0) is 32.4 Å². The van der Waals surface area contributed by atoms with E-state index in [-0.39, 0.29) is 0 Å². The summed E-state index contributed by atoms with van der Waals surface area (Å²) >= 11 is 0. The van der Waals surface area contributed by atoms with Crippen LogP contribution in [0.15, 0.2) is 18.3 Å². The summed E-state index contributed by atoms with van der Waals surface area (Å²) in [6.45, 7) is 5.49. The molecule has 0 radical (unpaired) electrons. The average molecular weight is 206 g/mol. The molecule has 0 bridgehead atoms. The van der Waals surface area contributed by atoms with Crippen molar-refractivity contribution in [2.45, 2.75) is 38.9 Å². The van der Waals surface area contributed by atoms with Crippen LogP contribution in [0.25, 0.3) is 0 Å². The molecule has 0 aliphatic carbocycles. The largest absolute Gasteiger partial charge is 0.495 e. The van der Waals surface area contributed by atoms with Crippen molar-refractivity contribution in [3.8, 4) is 5.75 Å². The molecule has 1 aliphatic heterocycles. The van der Waals surface area contributed by atoms with E-state index < -0.39 is 0 Å². The summed E-state index contributed by atoms with van der Waals surface area (Å²) in [5.41, 5.74) is 1.12. The molecule has 0 N–H and O–H groups in total. The Balaban J connectivity index is 1.98. The number of nitrogens with zero attached hydrogens (tertiary/aromatic N) is 2. The predicted octanol–water partition coefficient (Wildman–Crippen LogP) is 2.07. The Morgan fingerprint density at radius 1 is 1.40 bits per heavy atom. The van der Waals surface area contributed by atoms with Gasteiger partial charge in [-0.1, -0.05) is 0 Å². The lowest BCUT2D eigenvalue weighted by Crippen LogP contribution is -2.51. The topological polar surface area (TPSA) is 25.4 Å². The van der Waals surface area contributed by atoms with Gasteiger partial charge in [0, 0.05) is 18.6 Å². The van der Waals surface area contributed by atoms with Gasteiger partial charge in [-0.15, -0.1) is 0 Å². The number of pyridine rings is 1. The van der Waals surface area contributed by atoms with Crippen molar-refractivity contribution in [2.75, 3.05) is 7.11 Å². The molecule has 1 aromatic rings. The summed E-state index contributed by atoms with van der Waals surface area (Å²) in [4.78, 5) is 6.84. The Bertz CT molecular complexity index is 315. The molecule has 2 unspecified atom stereocenters. The fourth-order valence-corrected chi connectivity index (χ4v) is 2.18. The molecule has 1 saturated heterocycles. The maximum atomic E-state index is 5.08. The molecule has 0 saturated carbocycles. The molecule has 1 aromatic heterocycles. The molecule has 1 aliphatic rings. The summed E-state index contributed by atoms with van der Waals surface area (Å²) < 4.78 is 5.08. The summed E-state index contributed by atoms with van der Waals surface area (Å²) in [5.74, 6) is 0.823. The van der Waals surface area contributed by atoms with E-state index in [0.29, 0.717) is 12.1 Å². The third-order valence-corrected chi connectivity index (χ3v) is 3.19. The first-order chi connectivity index (χ1) is 7.20. The van der Waals surface area contributed by atoms with Crippen molar-refractivity contribution < 1.29 is 4.74 Å². The Morgan fingerprint density at radius 2 is 2.13 bits per heavy atom. The van der Waals surface area contributed by atoms with E-state index in [2.05, 4.69) is 23.7 Å². The zero-order valence-electron chi connectivity index (χ0n) is 9.60. The van der Waals surface area contributed by atoms with Crippen LogP contribution in [0.5, 0.6) is 5.75 Å². The van der Waals surface area contributed by atoms with Crippen LogP contribution in [0, 0.1) is 0 Å². The normalized spacial score (nSPS) is 26.1. The highest BCUT2D eigenvalue weighted by Crippen LogP contribution is 2.26. The van der Waals surface area contributed by atoms with Gasteiger partial charge in [0.1, 0.15) is 5.75 Å². The van der Waals surface area contributed by atoms with Crippen LogP contribution >= 0.6 is 0 Å². The maximum Gasteiger partial charge on any atom is 0.137 e. The van der Waals surface area contributed by atoms with Gasteiger partial charge in [0.05, 0.1) is 19.0 Å². The number of aromatic nitrogens is 1. The Hall–Kier alpha value is -1.09. The van der Waals surface area contributed by atoms with Gasteiger partial charge >= 0.3 is 0 Å². The van der Waals surface area contributed by atoms with E-state index in [9.17, 15) is 0 Å². The minimum absolute atomic E-state index is 0.698. The lowest BCUT2D eigenvalue weighted by molar-refractivity contribution is 0.0283. The molecule has 2 atom stereocenters. The zero-order chi connectivity index (χ0) is 10.8. The first kappa shape index (κ1) is 10.4. The van der Waals surface area contributed by atoms with Crippen molar-refractivity contribution in [2.24, 2.45) is 0 Å². The minimum Gasteiger partial charge on any atom is -0.495 e. The standard InChI is InChI=1S/C12H18N2O/c1-9-6-10(2)14(9)8-11-4-5-12(15-3)7-13-11/h4-5,7,9-10H,6,8H2,1-3H3. The fourth-order valence-electron chi connectivity index (χ4n) is 2.18. The summed E-state index contributed by atoms with van der Waals surface area (Å²) in [5, 5.41) is 0. The Labute approximate surface area is 91.1 Å². The molecule has 0 aromatic carbocycles. The highest BCUT2D eigenvalue weighted by atomic mass is 16.5. The van der Waals surface area contributed by atoms with Crippen LogP contribution in [-0.2, 0) is 6.54 Å². The number of ether oxygens (including phenoxy) is 1. The molecular weight excluding hydrogens is 188 g/mol. The highest BCUT2D eigenvalue weighted by molar-refractivity contribution is 5.19. The Morgan fingerprint density at radius 3 is 2.60 bits per heavy atom. The molecule has 0 spiro atoms. The van der Waals surface area contributed by atoms with Gasteiger partial charge < -0.3 is 4.74 Å². The quantitative estimate of drug-likeness (QED) is 0.757. The average Bonchev–Trinajstić information content (AvgIpc) is 2.27. The number of methoxy groups -OCH3 is 1. The maximum absolute atomic E-state index is 5.08. The lowest BCUT2D eigenvalue weighted by Gasteiger charge is -2.45. The van der Waals surface area contributed by atoms with Crippen LogP contribution in [-0.4, -0.2) is 29.1 Å². The second-order valence-corrected chi connectivity index (χ2v) is 4.30. The monoisotopic (exact) mass is 206 g/mol. The van der Waals surface area contributed by atoms with Crippen molar-refractivity contribution in [1.29, 1.82) is 0 Å². The SMILES string of the molecule is COc1ccc(CN2C(C)CC2C)nc1. The smallest absolute Gasteiger partial charge is 0.137 e.